The van der Waals surface area contributed by atoms with Crippen molar-refractivity contribution in [3.05, 3.63) is 0 Å². The molecule has 1 radical (unpaired) electrons. The summed E-state index contributed by atoms with van der Waals surface area (Å²) in [4.78, 5) is 11.8. The SMILES string of the molecule is N=C(N)N(C[C]=O)C1CCNCC1. The molecule has 0 saturated carbocycles. The molecule has 13 heavy (non-hydrogen) atoms. The lowest BCUT2D eigenvalue weighted by Crippen LogP contribution is -2.49. The van der Waals surface area contributed by atoms with E-state index in [1.807, 2.05) is 0 Å². The van der Waals surface area contributed by atoms with E-state index in [2.05, 4.69) is 5.32 Å². The van der Waals surface area contributed by atoms with Crippen LogP contribution in [0.15, 0.2) is 0 Å². The van der Waals surface area contributed by atoms with Gasteiger partial charge in [-0.05, 0) is 25.9 Å². The maximum Gasteiger partial charge on any atom is 0.219 e. The number of piperidine rings is 1. The highest BCUT2D eigenvalue weighted by molar-refractivity contribution is 5.77. The van der Waals surface area contributed by atoms with E-state index in [4.69, 9.17) is 11.1 Å². The summed E-state index contributed by atoms with van der Waals surface area (Å²) in [5, 5.41) is 10.5. The van der Waals surface area contributed by atoms with Crippen LogP contribution in [0, 0.1) is 5.41 Å². The van der Waals surface area contributed by atoms with Crippen LogP contribution in [-0.4, -0.2) is 42.8 Å². The van der Waals surface area contributed by atoms with Crippen LogP contribution in [0.1, 0.15) is 12.8 Å². The van der Waals surface area contributed by atoms with E-state index in [0.717, 1.165) is 25.9 Å². The van der Waals surface area contributed by atoms with Gasteiger partial charge in [-0.2, -0.15) is 0 Å². The second-order valence-electron chi connectivity index (χ2n) is 3.14. The van der Waals surface area contributed by atoms with E-state index in [9.17, 15) is 4.79 Å². The van der Waals surface area contributed by atoms with Crippen molar-refractivity contribution in [3.8, 4) is 0 Å². The molecule has 0 aliphatic carbocycles. The second-order valence-corrected chi connectivity index (χ2v) is 3.14. The van der Waals surface area contributed by atoms with Crippen molar-refractivity contribution in [2.24, 2.45) is 5.73 Å². The van der Waals surface area contributed by atoms with Gasteiger partial charge >= 0.3 is 0 Å². The summed E-state index contributed by atoms with van der Waals surface area (Å²) in [5.74, 6) is -0.0322. The highest BCUT2D eigenvalue weighted by Gasteiger charge is 2.21. The Labute approximate surface area is 77.8 Å². The summed E-state index contributed by atoms with van der Waals surface area (Å²) in [7, 11) is 0. The fraction of sp³-hybridized carbons (Fsp3) is 0.750. The molecule has 1 saturated heterocycles. The monoisotopic (exact) mass is 183 g/mol. The van der Waals surface area contributed by atoms with Gasteiger partial charge in [-0.1, -0.05) is 0 Å². The summed E-state index contributed by atoms with van der Waals surface area (Å²) < 4.78 is 0. The van der Waals surface area contributed by atoms with Crippen LogP contribution in [0.25, 0.3) is 0 Å². The summed E-state index contributed by atoms with van der Waals surface area (Å²) in [6.45, 7) is 1.96. The molecule has 1 rings (SSSR count). The molecule has 1 aliphatic rings. The van der Waals surface area contributed by atoms with Crippen LogP contribution < -0.4 is 11.1 Å². The molecule has 0 atom stereocenters. The molecular formula is C8H15N4O. The fourth-order valence-corrected chi connectivity index (χ4v) is 1.60. The molecule has 0 bridgehead atoms. The number of guanidine groups is 1. The Hall–Kier alpha value is -1.10. The first-order chi connectivity index (χ1) is 6.25. The highest BCUT2D eigenvalue weighted by Crippen LogP contribution is 2.09. The summed E-state index contributed by atoms with van der Waals surface area (Å²) in [5.41, 5.74) is 5.36. The third-order valence-corrected chi connectivity index (χ3v) is 2.29. The molecule has 4 N–H and O–H groups in total. The molecule has 0 aromatic rings. The van der Waals surface area contributed by atoms with Crippen LogP contribution in [0.5, 0.6) is 0 Å². The van der Waals surface area contributed by atoms with Crippen LogP contribution in [0.4, 0.5) is 0 Å². The van der Waals surface area contributed by atoms with Gasteiger partial charge in [-0.15, -0.1) is 0 Å². The molecule has 0 amide bonds. The zero-order valence-corrected chi connectivity index (χ0v) is 7.55. The number of nitrogens with zero attached hydrogens (tertiary/aromatic N) is 1. The van der Waals surface area contributed by atoms with E-state index in [1.54, 1.807) is 11.2 Å². The molecule has 73 valence electrons. The van der Waals surface area contributed by atoms with E-state index >= 15 is 0 Å². The van der Waals surface area contributed by atoms with Crippen molar-refractivity contribution < 1.29 is 4.79 Å². The minimum Gasteiger partial charge on any atom is -0.370 e. The standard InChI is InChI=1S/C8H15N4O/c9-8(10)12(5-6-13)7-1-3-11-4-2-7/h7,11H,1-5H2,(H3,9,10). The molecule has 5 nitrogen and oxygen atoms in total. The normalized spacial score (nSPS) is 18.2. The number of nitrogens with one attached hydrogen (secondary N) is 2. The molecular weight excluding hydrogens is 168 g/mol. The minimum absolute atomic E-state index is 0.0322. The molecule has 1 heterocycles. The van der Waals surface area contributed by atoms with Gasteiger partial charge in [0.25, 0.3) is 0 Å². The first kappa shape index (κ1) is 9.98. The predicted molar refractivity (Wildman–Crippen MR) is 50.2 cm³/mol. The number of carbonyl (C=O) groups excluding carboxylic acids is 1. The smallest absolute Gasteiger partial charge is 0.219 e. The molecule has 5 heteroatoms. The molecule has 1 fully saturated rings. The molecule has 1 aliphatic heterocycles. The minimum atomic E-state index is -0.0322. The number of rotatable bonds is 3. The zero-order chi connectivity index (χ0) is 9.68. The summed E-state index contributed by atoms with van der Waals surface area (Å²) in [6.07, 6.45) is 3.64. The van der Waals surface area contributed by atoms with Crippen LogP contribution in [0.2, 0.25) is 0 Å². The van der Waals surface area contributed by atoms with Crippen molar-refractivity contribution >= 4 is 12.2 Å². The number of hydrogen-bond acceptors (Lipinski definition) is 3. The average molecular weight is 183 g/mol. The molecule has 0 aromatic carbocycles. The van der Waals surface area contributed by atoms with Crippen LogP contribution in [0.3, 0.4) is 0 Å². The topological polar surface area (TPSA) is 82.2 Å². The Morgan fingerprint density at radius 1 is 1.62 bits per heavy atom. The first-order valence-electron chi connectivity index (χ1n) is 4.42. The van der Waals surface area contributed by atoms with Crippen molar-refractivity contribution in [2.45, 2.75) is 18.9 Å². The van der Waals surface area contributed by atoms with Crippen molar-refractivity contribution in [1.29, 1.82) is 5.41 Å². The maximum atomic E-state index is 10.2. The Morgan fingerprint density at radius 2 is 2.23 bits per heavy atom. The third-order valence-electron chi connectivity index (χ3n) is 2.29. The largest absolute Gasteiger partial charge is 0.370 e. The summed E-state index contributed by atoms with van der Waals surface area (Å²) >= 11 is 0. The fourth-order valence-electron chi connectivity index (χ4n) is 1.60. The Kier molecular flexibility index (Phi) is 3.70. The lowest BCUT2D eigenvalue weighted by atomic mass is 10.1. The van der Waals surface area contributed by atoms with E-state index in [0.29, 0.717) is 0 Å². The van der Waals surface area contributed by atoms with Crippen molar-refractivity contribution in [3.63, 3.8) is 0 Å². The van der Waals surface area contributed by atoms with Crippen LogP contribution >= 0.6 is 0 Å². The number of nitrogens with two attached hydrogens (primary N) is 1. The molecule has 0 unspecified atom stereocenters. The second kappa shape index (κ2) is 4.81. The van der Waals surface area contributed by atoms with E-state index in [1.165, 1.54) is 0 Å². The van der Waals surface area contributed by atoms with Gasteiger partial charge in [0.05, 0.1) is 6.54 Å². The summed E-state index contributed by atoms with van der Waals surface area (Å²) in [6, 6.07) is 0.222. The Balaban J connectivity index is 2.51. The quantitative estimate of drug-likeness (QED) is 0.389. The van der Waals surface area contributed by atoms with Gasteiger partial charge in [0.2, 0.25) is 6.29 Å². The van der Waals surface area contributed by atoms with Crippen molar-refractivity contribution in [1.82, 2.24) is 10.2 Å². The third kappa shape index (κ3) is 2.69. The lowest BCUT2D eigenvalue weighted by Gasteiger charge is -2.33. The van der Waals surface area contributed by atoms with E-state index < -0.39 is 0 Å². The lowest BCUT2D eigenvalue weighted by molar-refractivity contribution is 0.269. The van der Waals surface area contributed by atoms with Gasteiger partial charge in [-0.3, -0.25) is 10.2 Å². The van der Waals surface area contributed by atoms with Crippen LogP contribution in [-0.2, 0) is 4.79 Å². The van der Waals surface area contributed by atoms with Gasteiger partial charge in [0.15, 0.2) is 5.96 Å². The van der Waals surface area contributed by atoms with Gasteiger partial charge in [0, 0.05) is 6.04 Å². The van der Waals surface area contributed by atoms with Gasteiger partial charge in [0.1, 0.15) is 0 Å². The maximum absolute atomic E-state index is 10.2. The molecule has 0 spiro atoms. The Bertz CT molecular complexity index is 189. The van der Waals surface area contributed by atoms with Crippen molar-refractivity contribution in [2.75, 3.05) is 19.6 Å². The Morgan fingerprint density at radius 3 is 2.69 bits per heavy atom. The zero-order valence-electron chi connectivity index (χ0n) is 7.55. The first-order valence-corrected chi connectivity index (χ1v) is 4.42. The molecule has 0 aromatic heterocycles. The van der Waals surface area contributed by atoms with E-state index in [-0.39, 0.29) is 18.5 Å². The van der Waals surface area contributed by atoms with Gasteiger partial charge in [-0.25, -0.2) is 0 Å². The van der Waals surface area contributed by atoms with Gasteiger partial charge < -0.3 is 16.0 Å². The highest BCUT2D eigenvalue weighted by atomic mass is 16.1. The predicted octanol–water partition coefficient (Wildman–Crippen LogP) is -0.956. The number of hydrogen-bond donors (Lipinski definition) is 3. The average Bonchev–Trinajstić information content (AvgIpc) is 2.15.